The zero-order valence-electron chi connectivity index (χ0n) is 13.1. The van der Waals surface area contributed by atoms with Crippen molar-refractivity contribution in [1.82, 2.24) is 0 Å². The lowest BCUT2D eigenvalue weighted by Crippen LogP contribution is -1.83. The smallest absolute Gasteiger partial charge is 0.148 e. The first-order valence-electron chi connectivity index (χ1n) is 6.67. The van der Waals surface area contributed by atoms with Gasteiger partial charge in [-0.1, -0.05) is 45.1 Å². The van der Waals surface area contributed by atoms with Gasteiger partial charge in [0.1, 0.15) is 12.1 Å². The predicted molar refractivity (Wildman–Crippen MR) is 82.4 cm³/mol. The molecule has 19 heavy (non-hydrogen) atoms. The average Bonchev–Trinajstić information content (AvgIpc) is 2.49. The molecule has 0 aromatic rings. The Balaban J connectivity index is -0.000000579. The van der Waals surface area contributed by atoms with Gasteiger partial charge < -0.3 is 5.73 Å². The summed E-state index contributed by atoms with van der Waals surface area (Å²) in [6, 6.07) is 0. The van der Waals surface area contributed by atoms with Crippen LogP contribution in [-0.4, -0.2) is 13.3 Å². The second kappa shape index (κ2) is 19.0. The Bertz CT molecular complexity index is 332. The van der Waals surface area contributed by atoms with E-state index in [4.69, 9.17) is 0 Å². The molecule has 3 heteroatoms. The first kappa shape index (κ1) is 22.8. The van der Waals surface area contributed by atoms with Crippen LogP contribution >= 0.6 is 0 Å². The van der Waals surface area contributed by atoms with Gasteiger partial charge >= 0.3 is 0 Å². The van der Waals surface area contributed by atoms with Crippen LogP contribution < -0.4 is 5.73 Å². The Morgan fingerprint density at radius 3 is 2.21 bits per heavy atom. The van der Waals surface area contributed by atoms with Crippen LogP contribution in [0.2, 0.25) is 0 Å². The maximum Gasteiger partial charge on any atom is 0.148 e. The van der Waals surface area contributed by atoms with Gasteiger partial charge in [-0.15, -0.1) is 0 Å². The van der Waals surface area contributed by atoms with Gasteiger partial charge in [-0.3, -0.25) is 4.79 Å². The summed E-state index contributed by atoms with van der Waals surface area (Å²) >= 11 is 0. The van der Waals surface area contributed by atoms with Gasteiger partial charge in [0.15, 0.2) is 0 Å². The summed E-state index contributed by atoms with van der Waals surface area (Å²) in [4.78, 5) is 10.2. The summed E-state index contributed by atoms with van der Waals surface area (Å²) in [6.45, 7) is 9.44. The first-order valence-corrected chi connectivity index (χ1v) is 6.67. The SMILES string of the molecule is C/C=C(\C#CC/C(F)=C(\C)C=O)CCC.CC.CN. The fraction of sp³-hybridized carbons (Fsp3) is 0.562. The standard InChI is InChI=1S/C13H17FO.C2H6.CH5N/c1-4-7-12(5-2)8-6-9-13(14)11(3)10-15;2*1-2/h5,10H,4,7,9H2,1-3H3;1-2H3;2H2,1H3/b12-5-,13-11-;;. The van der Waals surface area contributed by atoms with Crippen molar-refractivity contribution in [3.63, 3.8) is 0 Å². The fourth-order valence-corrected chi connectivity index (χ4v) is 0.987. The van der Waals surface area contributed by atoms with Gasteiger partial charge in [-0.05, 0) is 32.9 Å². The van der Waals surface area contributed by atoms with E-state index in [0.717, 1.165) is 18.4 Å². The minimum atomic E-state index is -0.440. The molecular weight excluding hydrogens is 241 g/mol. The lowest BCUT2D eigenvalue weighted by molar-refractivity contribution is -0.105. The quantitative estimate of drug-likeness (QED) is 0.473. The highest BCUT2D eigenvalue weighted by Crippen LogP contribution is 2.08. The third-order valence-corrected chi connectivity index (χ3v) is 1.96. The van der Waals surface area contributed by atoms with Crippen molar-refractivity contribution in [3.8, 4) is 11.8 Å². The fourth-order valence-electron chi connectivity index (χ4n) is 0.987. The van der Waals surface area contributed by atoms with Crippen LogP contribution in [0.3, 0.4) is 0 Å². The molecule has 0 aliphatic heterocycles. The van der Waals surface area contributed by atoms with Crippen molar-refractivity contribution in [2.75, 3.05) is 7.05 Å². The van der Waals surface area contributed by atoms with Gasteiger partial charge in [-0.2, -0.15) is 0 Å². The van der Waals surface area contributed by atoms with Crippen LogP contribution in [0.25, 0.3) is 0 Å². The van der Waals surface area contributed by atoms with Gasteiger partial charge in [-0.25, -0.2) is 4.39 Å². The number of aldehydes is 1. The number of halogens is 1. The van der Waals surface area contributed by atoms with Crippen LogP contribution in [-0.2, 0) is 4.79 Å². The summed E-state index contributed by atoms with van der Waals surface area (Å²) in [6.07, 6.45) is 4.41. The molecule has 2 nitrogen and oxygen atoms in total. The van der Waals surface area contributed by atoms with E-state index in [2.05, 4.69) is 24.5 Å². The molecule has 0 bridgehead atoms. The highest BCUT2D eigenvalue weighted by atomic mass is 19.1. The molecular formula is C16H28FNO. The summed E-state index contributed by atoms with van der Waals surface area (Å²) in [5, 5.41) is 0. The monoisotopic (exact) mass is 269 g/mol. The molecule has 0 fully saturated rings. The molecule has 0 aliphatic carbocycles. The zero-order valence-corrected chi connectivity index (χ0v) is 13.1. The number of allylic oxidation sites excluding steroid dienone is 4. The molecule has 2 N–H and O–H groups in total. The number of nitrogens with two attached hydrogens (primary N) is 1. The van der Waals surface area contributed by atoms with Crippen LogP contribution in [0, 0.1) is 11.8 Å². The molecule has 0 unspecified atom stereocenters. The molecule has 0 heterocycles. The van der Waals surface area contributed by atoms with E-state index in [-0.39, 0.29) is 12.0 Å². The molecule has 0 amide bonds. The minimum absolute atomic E-state index is 0.0195. The summed E-state index contributed by atoms with van der Waals surface area (Å²) in [5.74, 6) is 5.19. The van der Waals surface area contributed by atoms with Crippen LogP contribution in [0.1, 0.15) is 53.9 Å². The average molecular weight is 269 g/mol. The lowest BCUT2D eigenvalue weighted by atomic mass is 10.1. The third kappa shape index (κ3) is 14.5. The molecule has 0 atom stereocenters. The molecule has 0 rings (SSSR count). The van der Waals surface area contributed by atoms with Gasteiger partial charge in [0, 0.05) is 5.57 Å². The third-order valence-electron chi connectivity index (χ3n) is 1.96. The topological polar surface area (TPSA) is 43.1 Å². The molecule has 0 saturated carbocycles. The highest BCUT2D eigenvalue weighted by Gasteiger charge is 1.97. The molecule has 0 spiro atoms. The number of hydrogen-bond donors (Lipinski definition) is 1. The Morgan fingerprint density at radius 2 is 1.84 bits per heavy atom. The minimum Gasteiger partial charge on any atom is -0.333 e. The molecule has 0 radical (unpaired) electrons. The van der Waals surface area contributed by atoms with E-state index in [1.165, 1.54) is 14.0 Å². The first-order chi connectivity index (χ1) is 9.15. The molecule has 110 valence electrons. The van der Waals surface area contributed by atoms with Gasteiger partial charge in [0.25, 0.3) is 0 Å². The lowest BCUT2D eigenvalue weighted by Gasteiger charge is -1.94. The van der Waals surface area contributed by atoms with E-state index >= 15 is 0 Å². The largest absolute Gasteiger partial charge is 0.333 e. The van der Waals surface area contributed by atoms with Gasteiger partial charge in [0.05, 0.1) is 6.42 Å². The van der Waals surface area contributed by atoms with Crippen LogP contribution in [0.4, 0.5) is 4.39 Å². The predicted octanol–water partition coefficient (Wildman–Crippen LogP) is 4.17. The van der Waals surface area contributed by atoms with Crippen molar-refractivity contribution in [3.05, 3.63) is 23.0 Å². The van der Waals surface area contributed by atoms with Crippen LogP contribution in [0.5, 0.6) is 0 Å². The number of hydrogen-bond acceptors (Lipinski definition) is 2. The Kier molecular flexibility index (Phi) is 22.7. The molecule has 0 saturated heterocycles. The second-order valence-corrected chi connectivity index (χ2v) is 3.25. The van der Waals surface area contributed by atoms with Gasteiger partial charge in [0.2, 0.25) is 0 Å². The van der Waals surface area contributed by atoms with E-state index in [1.54, 1.807) is 0 Å². The summed E-state index contributed by atoms with van der Waals surface area (Å²) in [5.41, 5.74) is 5.65. The van der Waals surface area contributed by atoms with E-state index < -0.39 is 5.83 Å². The van der Waals surface area contributed by atoms with Crippen molar-refractivity contribution in [2.24, 2.45) is 5.73 Å². The maximum absolute atomic E-state index is 13.1. The Labute approximate surface area is 118 Å². The normalized spacial score (nSPS) is 10.6. The summed E-state index contributed by atoms with van der Waals surface area (Å²) < 4.78 is 13.1. The highest BCUT2D eigenvalue weighted by molar-refractivity contribution is 5.73. The number of rotatable bonds is 4. The zero-order chi connectivity index (χ0) is 15.7. The molecule has 0 aromatic carbocycles. The number of carbonyl (C=O) groups is 1. The van der Waals surface area contributed by atoms with Crippen molar-refractivity contribution >= 4 is 6.29 Å². The molecule has 0 aliphatic rings. The van der Waals surface area contributed by atoms with Crippen LogP contribution in [0.15, 0.2) is 23.0 Å². The second-order valence-electron chi connectivity index (χ2n) is 3.25. The van der Waals surface area contributed by atoms with Crippen molar-refractivity contribution in [1.29, 1.82) is 0 Å². The number of carbonyl (C=O) groups excluding carboxylic acids is 1. The van der Waals surface area contributed by atoms with Crippen molar-refractivity contribution < 1.29 is 9.18 Å². The van der Waals surface area contributed by atoms with Crippen molar-refractivity contribution in [2.45, 2.75) is 53.9 Å². The van der Waals surface area contributed by atoms with E-state index in [1.807, 2.05) is 26.8 Å². The van der Waals surface area contributed by atoms with E-state index in [9.17, 15) is 9.18 Å². The Hall–Kier alpha value is -1.40. The van der Waals surface area contributed by atoms with E-state index in [0.29, 0.717) is 6.29 Å². The molecule has 0 aromatic heterocycles. The Morgan fingerprint density at radius 1 is 1.32 bits per heavy atom. The summed E-state index contributed by atoms with van der Waals surface area (Å²) in [7, 11) is 1.50. The maximum atomic E-state index is 13.1.